The first kappa shape index (κ1) is 10.7. The van der Waals surface area contributed by atoms with Crippen molar-refractivity contribution in [2.75, 3.05) is 7.05 Å². The van der Waals surface area contributed by atoms with E-state index in [4.69, 9.17) is 0 Å². The lowest BCUT2D eigenvalue weighted by Crippen LogP contribution is -2.23. The minimum atomic E-state index is 0.490. The van der Waals surface area contributed by atoms with Crippen molar-refractivity contribution in [2.45, 2.75) is 38.6 Å². The number of rotatable bonds is 4. The quantitative estimate of drug-likeness (QED) is 0.820. The molecule has 0 amide bonds. The van der Waals surface area contributed by atoms with Gasteiger partial charge in [-0.05, 0) is 26.3 Å². The van der Waals surface area contributed by atoms with E-state index in [0.29, 0.717) is 6.04 Å². The van der Waals surface area contributed by atoms with Crippen LogP contribution in [-0.2, 0) is 7.05 Å². The molecule has 1 aromatic heterocycles. The summed E-state index contributed by atoms with van der Waals surface area (Å²) in [5.41, 5.74) is 2.65. The zero-order chi connectivity index (χ0) is 10.8. The van der Waals surface area contributed by atoms with Gasteiger partial charge in [-0.3, -0.25) is 4.68 Å². The minimum Gasteiger partial charge on any atom is -0.313 e. The van der Waals surface area contributed by atoms with E-state index in [1.165, 1.54) is 36.9 Å². The molecule has 1 saturated carbocycles. The van der Waals surface area contributed by atoms with Gasteiger partial charge in [-0.15, -0.1) is 0 Å². The standard InChI is InChI=1S/C12H21N3/c1-9-11(8-14-15(9)3)12(13-2)7-10-5-4-6-10/h8,10,12-13H,4-7H2,1-3H3. The van der Waals surface area contributed by atoms with Gasteiger partial charge in [0.15, 0.2) is 0 Å². The summed E-state index contributed by atoms with van der Waals surface area (Å²) in [5, 5.41) is 7.73. The predicted molar refractivity (Wildman–Crippen MR) is 61.7 cm³/mol. The van der Waals surface area contributed by atoms with E-state index in [2.05, 4.69) is 24.4 Å². The molecule has 1 fully saturated rings. The summed E-state index contributed by atoms with van der Waals surface area (Å²) in [5.74, 6) is 0.932. The lowest BCUT2D eigenvalue weighted by Gasteiger charge is -2.29. The van der Waals surface area contributed by atoms with Crippen molar-refractivity contribution in [3.8, 4) is 0 Å². The van der Waals surface area contributed by atoms with E-state index in [1.54, 1.807) is 0 Å². The molecule has 3 nitrogen and oxygen atoms in total. The van der Waals surface area contributed by atoms with Crippen molar-refractivity contribution in [3.63, 3.8) is 0 Å². The number of aromatic nitrogens is 2. The number of nitrogens with one attached hydrogen (secondary N) is 1. The molecule has 1 N–H and O–H groups in total. The van der Waals surface area contributed by atoms with Gasteiger partial charge < -0.3 is 5.32 Å². The van der Waals surface area contributed by atoms with Crippen LogP contribution in [0.5, 0.6) is 0 Å². The number of hydrogen-bond acceptors (Lipinski definition) is 2. The fourth-order valence-corrected chi connectivity index (χ4v) is 2.32. The first-order valence-corrected chi connectivity index (χ1v) is 5.88. The van der Waals surface area contributed by atoms with Crippen LogP contribution in [0.2, 0.25) is 0 Å². The Morgan fingerprint density at radius 1 is 1.60 bits per heavy atom. The van der Waals surface area contributed by atoms with Crippen molar-refractivity contribution < 1.29 is 0 Å². The number of hydrogen-bond donors (Lipinski definition) is 1. The highest BCUT2D eigenvalue weighted by atomic mass is 15.3. The van der Waals surface area contributed by atoms with E-state index in [9.17, 15) is 0 Å². The summed E-state index contributed by atoms with van der Waals surface area (Å²) in [7, 11) is 4.06. The van der Waals surface area contributed by atoms with Gasteiger partial charge in [0.05, 0.1) is 6.20 Å². The van der Waals surface area contributed by atoms with E-state index in [-0.39, 0.29) is 0 Å². The highest BCUT2D eigenvalue weighted by Crippen LogP contribution is 2.35. The first-order chi connectivity index (χ1) is 7.22. The van der Waals surface area contributed by atoms with Gasteiger partial charge in [0.1, 0.15) is 0 Å². The Balaban J connectivity index is 2.07. The molecule has 1 unspecified atom stereocenters. The minimum absolute atomic E-state index is 0.490. The van der Waals surface area contributed by atoms with Crippen molar-refractivity contribution in [1.82, 2.24) is 15.1 Å². The fourth-order valence-electron chi connectivity index (χ4n) is 2.32. The molecular formula is C12H21N3. The van der Waals surface area contributed by atoms with Gasteiger partial charge in [-0.2, -0.15) is 5.10 Å². The van der Waals surface area contributed by atoms with Gasteiger partial charge in [0.2, 0.25) is 0 Å². The molecule has 3 heteroatoms. The fraction of sp³-hybridized carbons (Fsp3) is 0.750. The smallest absolute Gasteiger partial charge is 0.0540 e. The van der Waals surface area contributed by atoms with E-state index >= 15 is 0 Å². The largest absolute Gasteiger partial charge is 0.313 e. The molecule has 1 heterocycles. The van der Waals surface area contributed by atoms with Gasteiger partial charge in [-0.25, -0.2) is 0 Å². The van der Waals surface area contributed by atoms with Gasteiger partial charge in [-0.1, -0.05) is 19.3 Å². The molecule has 0 radical (unpaired) electrons. The van der Waals surface area contributed by atoms with Crippen LogP contribution in [0.25, 0.3) is 0 Å². The third kappa shape index (κ3) is 2.07. The SMILES string of the molecule is CNC(CC1CCC1)c1cnn(C)c1C. The van der Waals surface area contributed by atoms with Crippen molar-refractivity contribution in [3.05, 3.63) is 17.5 Å². The first-order valence-electron chi connectivity index (χ1n) is 5.88. The van der Waals surface area contributed by atoms with E-state index in [0.717, 1.165) is 5.92 Å². The summed E-state index contributed by atoms with van der Waals surface area (Å²) in [6.07, 6.45) is 7.53. The van der Waals surface area contributed by atoms with Crippen LogP contribution in [-0.4, -0.2) is 16.8 Å². The van der Waals surface area contributed by atoms with Crippen LogP contribution >= 0.6 is 0 Å². The summed E-state index contributed by atoms with van der Waals surface area (Å²) >= 11 is 0. The maximum atomic E-state index is 4.31. The Labute approximate surface area is 91.9 Å². The van der Waals surface area contributed by atoms with Crippen LogP contribution in [0, 0.1) is 12.8 Å². The van der Waals surface area contributed by atoms with Crippen molar-refractivity contribution in [1.29, 1.82) is 0 Å². The Kier molecular flexibility index (Phi) is 3.10. The second-order valence-corrected chi connectivity index (χ2v) is 4.68. The summed E-state index contributed by atoms with van der Waals surface area (Å²) in [6.45, 7) is 2.15. The van der Waals surface area contributed by atoms with Gasteiger partial charge in [0.25, 0.3) is 0 Å². The van der Waals surface area contributed by atoms with Crippen LogP contribution in [0.4, 0.5) is 0 Å². The topological polar surface area (TPSA) is 29.9 Å². The lowest BCUT2D eigenvalue weighted by atomic mass is 9.79. The number of nitrogens with zero attached hydrogens (tertiary/aromatic N) is 2. The molecular weight excluding hydrogens is 186 g/mol. The molecule has 0 bridgehead atoms. The van der Waals surface area contributed by atoms with Crippen LogP contribution in [0.15, 0.2) is 6.20 Å². The van der Waals surface area contributed by atoms with Crippen LogP contribution in [0.3, 0.4) is 0 Å². The molecule has 1 aliphatic rings. The van der Waals surface area contributed by atoms with Gasteiger partial charge >= 0.3 is 0 Å². The molecule has 0 aromatic carbocycles. The predicted octanol–water partition coefficient (Wildman–Crippen LogP) is 2.18. The summed E-state index contributed by atoms with van der Waals surface area (Å²) < 4.78 is 1.96. The Morgan fingerprint density at radius 3 is 2.73 bits per heavy atom. The highest BCUT2D eigenvalue weighted by Gasteiger charge is 2.23. The molecule has 1 atom stereocenters. The molecule has 1 aromatic rings. The van der Waals surface area contributed by atoms with Crippen LogP contribution < -0.4 is 5.32 Å². The average molecular weight is 207 g/mol. The Bertz CT molecular complexity index is 326. The molecule has 1 aliphatic carbocycles. The van der Waals surface area contributed by atoms with Crippen LogP contribution in [0.1, 0.15) is 43.0 Å². The summed E-state index contributed by atoms with van der Waals surface area (Å²) in [6, 6.07) is 0.490. The second-order valence-electron chi connectivity index (χ2n) is 4.68. The average Bonchev–Trinajstić information content (AvgIpc) is 2.48. The Hall–Kier alpha value is -0.830. The lowest BCUT2D eigenvalue weighted by molar-refractivity contribution is 0.265. The third-order valence-electron chi connectivity index (χ3n) is 3.79. The highest BCUT2D eigenvalue weighted by molar-refractivity contribution is 5.20. The maximum Gasteiger partial charge on any atom is 0.0540 e. The van der Waals surface area contributed by atoms with E-state index in [1.807, 2.05) is 17.9 Å². The third-order valence-corrected chi connectivity index (χ3v) is 3.79. The monoisotopic (exact) mass is 207 g/mol. The number of aryl methyl sites for hydroxylation is 1. The molecule has 2 rings (SSSR count). The molecule has 0 saturated heterocycles. The molecule has 0 spiro atoms. The van der Waals surface area contributed by atoms with Crippen molar-refractivity contribution >= 4 is 0 Å². The maximum absolute atomic E-state index is 4.31. The normalized spacial score (nSPS) is 18.9. The zero-order valence-electron chi connectivity index (χ0n) is 9.95. The zero-order valence-corrected chi connectivity index (χ0v) is 9.95. The second kappa shape index (κ2) is 4.35. The summed E-state index contributed by atoms with van der Waals surface area (Å²) in [4.78, 5) is 0. The van der Waals surface area contributed by atoms with E-state index < -0.39 is 0 Å². The molecule has 84 valence electrons. The molecule has 15 heavy (non-hydrogen) atoms. The Morgan fingerprint density at radius 2 is 2.33 bits per heavy atom. The van der Waals surface area contributed by atoms with Gasteiger partial charge in [0, 0.05) is 24.3 Å². The molecule has 0 aliphatic heterocycles. The van der Waals surface area contributed by atoms with Crippen molar-refractivity contribution in [2.24, 2.45) is 13.0 Å².